The summed E-state index contributed by atoms with van der Waals surface area (Å²) in [7, 11) is 0. The lowest BCUT2D eigenvalue weighted by molar-refractivity contribution is -0.139. The molecule has 0 aliphatic heterocycles. The van der Waals surface area contributed by atoms with Gasteiger partial charge in [0.05, 0.1) is 0 Å². The highest BCUT2D eigenvalue weighted by molar-refractivity contribution is 5.74. The van der Waals surface area contributed by atoms with Crippen LogP contribution in [0.3, 0.4) is 0 Å². The number of aliphatic carboxylic acids is 1. The second-order valence-electron chi connectivity index (χ2n) is 2.23. The van der Waals surface area contributed by atoms with E-state index in [0.29, 0.717) is 6.54 Å². The van der Waals surface area contributed by atoms with Crippen molar-refractivity contribution in [1.29, 1.82) is 0 Å². The van der Waals surface area contributed by atoms with Crippen LogP contribution in [0.4, 0.5) is 0 Å². The van der Waals surface area contributed by atoms with Crippen molar-refractivity contribution >= 4 is 11.9 Å². The molecule has 1 atom stereocenters. The second-order valence-corrected chi connectivity index (χ2v) is 2.23. The van der Waals surface area contributed by atoms with Gasteiger partial charge in [-0.25, -0.2) is 0 Å². The first-order valence-corrected chi connectivity index (χ1v) is 3.28. The Morgan fingerprint density at radius 1 is 1.64 bits per heavy atom. The molecule has 0 saturated carbocycles. The quantitative estimate of drug-likeness (QED) is 0.477. The van der Waals surface area contributed by atoms with Gasteiger partial charge in [0.15, 0.2) is 0 Å². The summed E-state index contributed by atoms with van der Waals surface area (Å²) in [6, 6.07) is -0.630. The molecule has 0 aliphatic rings. The maximum Gasteiger partial charge on any atom is 0.320 e. The highest BCUT2D eigenvalue weighted by atomic mass is 16.4. The minimum absolute atomic E-state index is 0.164. The molecule has 0 spiro atoms. The van der Waals surface area contributed by atoms with Gasteiger partial charge in [-0.05, 0) is 6.92 Å². The summed E-state index contributed by atoms with van der Waals surface area (Å²) in [5.41, 5.74) is 4.83. The normalized spacial score (nSPS) is 12.5. The summed E-state index contributed by atoms with van der Waals surface area (Å²) < 4.78 is 0. The first-order valence-electron chi connectivity index (χ1n) is 3.28. The maximum absolute atomic E-state index is 10.2. The molecule has 0 rings (SSSR count). The Morgan fingerprint density at radius 3 is 2.55 bits per heavy atom. The highest BCUT2D eigenvalue weighted by Gasteiger charge is 2.08. The van der Waals surface area contributed by atoms with Crippen molar-refractivity contribution in [3.63, 3.8) is 0 Å². The molecule has 0 heterocycles. The lowest BCUT2D eigenvalue weighted by Gasteiger charge is -2.06. The number of hydrogen-bond donors (Lipinski definition) is 3. The molecule has 0 saturated heterocycles. The van der Waals surface area contributed by atoms with Gasteiger partial charge >= 0.3 is 5.97 Å². The predicted octanol–water partition coefficient (Wildman–Crippen LogP) is -1.08. The Bertz CT molecular complexity index is 158. The van der Waals surface area contributed by atoms with E-state index in [1.165, 1.54) is 6.92 Å². The van der Waals surface area contributed by atoms with Crippen molar-refractivity contribution < 1.29 is 14.7 Å². The molecule has 0 aromatic heterocycles. The predicted molar refractivity (Wildman–Crippen MR) is 38.9 cm³/mol. The van der Waals surface area contributed by atoms with E-state index >= 15 is 0 Å². The number of rotatable bonds is 5. The molecule has 5 heteroatoms. The summed E-state index contributed by atoms with van der Waals surface area (Å²) in [6.07, 6.45) is 0.164. The molecular formula is C6H12N2O3. The van der Waals surface area contributed by atoms with Crippen LogP contribution < -0.4 is 11.1 Å². The van der Waals surface area contributed by atoms with E-state index < -0.39 is 17.9 Å². The topological polar surface area (TPSA) is 92.4 Å². The zero-order valence-corrected chi connectivity index (χ0v) is 6.33. The van der Waals surface area contributed by atoms with Crippen LogP contribution in [0.2, 0.25) is 0 Å². The smallest absolute Gasteiger partial charge is 0.320 e. The average Bonchev–Trinajstić information content (AvgIpc) is 1.86. The van der Waals surface area contributed by atoms with Gasteiger partial charge < -0.3 is 16.2 Å². The molecule has 0 radical (unpaired) electrons. The first kappa shape index (κ1) is 9.90. The molecule has 0 aromatic rings. The third kappa shape index (κ3) is 5.35. The lowest BCUT2D eigenvalue weighted by Crippen LogP contribution is -2.35. The second kappa shape index (κ2) is 4.68. The largest absolute Gasteiger partial charge is 0.480 e. The average molecular weight is 160 g/mol. The van der Waals surface area contributed by atoms with Crippen LogP contribution in [0.5, 0.6) is 0 Å². The summed E-state index contributed by atoms with van der Waals surface area (Å²) in [5.74, 6) is -1.37. The van der Waals surface area contributed by atoms with Crippen LogP contribution in [0.1, 0.15) is 13.3 Å². The summed E-state index contributed by atoms with van der Waals surface area (Å²) in [4.78, 5) is 20.4. The third-order valence-electron chi connectivity index (χ3n) is 1.19. The van der Waals surface area contributed by atoms with Gasteiger partial charge in [-0.2, -0.15) is 0 Å². The van der Waals surface area contributed by atoms with Gasteiger partial charge in [0, 0.05) is 13.0 Å². The molecule has 0 aliphatic carbocycles. The number of hydrogen-bond acceptors (Lipinski definition) is 3. The molecule has 5 nitrogen and oxygen atoms in total. The molecule has 0 unspecified atom stereocenters. The van der Waals surface area contributed by atoms with E-state index in [0.717, 1.165) is 0 Å². The third-order valence-corrected chi connectivity index (χ3v) is 1.19. The Morgan fingerprint density at radius 2 is 2.18 bits per heavy atom. The minimum Gasteiger partial charge on any atom is -0.480 e. The van der Waals surface area contributed by atoms with Gasteiger partial charge in [0.2, 0.25) is 5.91 Å². The molecule has 0 bridgehead atoms. The van der Waals surface area contributed by atoms with Gasteiger partial charge in [0.1, 0.15) is 6.04 Å². The number of carboxylic acids is 1. The van der Waals surface area contributed by atoms with E-state index in [4.69, 9.17) is 10.8 Å². The van der Waals surface area contributed by atoms with Crippen LogP contribution >= 0.6 is 0 Å². The van der Waals surface area contributed by atoms with Crippen LogP contribution in [-0.2, 0) is 9.59 Å². The summed E-state index contributed by atoms with van der Waals surface area (Å²) >= 11 is 0. The molecule has 4 N–H and O–H groups in total. The number of carbonyl (C=O) groups is 2. The minimum atomic E-state index is -0.936. The van der Waals surface area contributed by atoms with Crippen LogP contribution in [0, 0.1) is 0 Å². The molecule has 1 amide bonds. The molecule has 64 valence electrons. The SMILES string of the molecule is C[C@H](NCCC(N)=O)C(=O)O. The molecular weight excluding hydrogens is 148 g/mol. The lowest BCUT2D eigenvalue weighted by atomic mass is 10.3. The van der Waals surface area contributed by atoms with Crippen LogP contribution in [0.25, 0.3) is 0 Å². The fourth-order valence-electron chi connectivity index (χ4n) is 0.499. The van der Waals surface area contributed by atoms with Crippen molar-refractivity contribution in [3.8, 4) is 0 Å². The van der Waals surface area contributed by atoms with Gasteiger partial charge in [-0.1, -0.05) is 0 Å². The number of amides is 1. The van der Waals surface area contributed by atoms with Gasteiger partial charge in [0.25, 0.3) is 0 Å². The Balaban J connectivity index is 3.39. The van der Waals surface area contributed by atoms with Crippen molar-refractivity contribution in [1.82, 2.24) is 5.32 Å². The van der Waals surface area contributed by atoms with E-state index in [9.17, 15) is 9.59 Å². The van der Waals surface area contributed by atoms with E-state index in [2.05, 4.69) is 5.32 Å². The zero-order chi connectivity index (χ0) is 8.85. The van der Waals surface area contributed by atoms with E-state index in [-0.39, 0.29) is 6.42 Å². The van der Waals surface area contributed by atoms with Crippen LogP contribution in [-0.4, -0.2) is 29.6 Å². The first-order chi connectivity index (χ1) is 5.04. The number of carbonyl (C=O) groups excluding carboxylic acids is 1. The van der Waals surface area contributed by atoms with Gasteiger partial charge in [-0.15, -0.1) is 0 Å². The van der Waals surface area contributed by atoms with Gasteiger partial charge in [-0.3, -0.25) is 9.59 Å². The highest BCUT2D eigenvalue weighted by Crippen LogP contribution is 1.81. The molecule has 0 fully saturated rings. The number of nitrogens with one attached hydrogen (secondary N) is 1. The fourth-order valence-corrected chi connectivity index (χ4v) is 0.499. The molecule has 0 aromatic carbocycles. The molecule has 11 heavy (non-hydrogen) atoms. The van der Waals surface area contributed by atoms with Crippen molar-refractivity contribution in [2.24, 2.45) is 5.73 Å². The Kier molecular flexibility index (Phi) is 4.21. The number of nitrogens with two attached hydrogens (primary N) is 1. The van der Waals surface area contributed by atoms with Crippen LogP contribution in [0.15, 0.2) is 0 Å². The summed E-state index contributed by atoms with van der Waals surface area (Å²) in [6.45, 7) is 1.81. The number of primary amides is 1. The zero-order valence-electron chi connectivity index (χ0n) is 6.33. The summed E-state index contributed by atoms with van der Waals surface area (Å²) in [5, 5.41) is 11.0. The van der Waals surface area contributed by atoms with Crippen molar-refractivity contribution in [2.45, 2.75) is 19.4 Å². The van der Waals surface area contributed by atoms with E-state index in [1.54, 1.807) is 0 Å². The maximum atomic E-state index is 10.2. The monoisotopic (exact) mass is 160 g/mol. The van der Waals surface area contributed by atoms with E-state index in [1.807, 2.05) is 0 Å². The van der Waals surface area contributed by atoms with Crippen molar-refractivity contribution in [2.75, 3.05) is 6.54 Å². The fraction of sp³-hybridized carbons (Fsp3) is 0.667. The standard InChI is InChI=1S/C6H12N2O3/c1-4(6(10)11)8-3-2-5(7)9/h4,8H,2-3H2,1H3,(H2,7,9)(H,10,11)/t4-/m0/s1. The number of carboxylic acid groups (broad SMARTS) is 1. The Hall–Kier alpha value is -1.10. The Labute approximate surface area is 64.6 Å². The van der Waals surface area contributed by atoms with Crippen molar-refractivity contribution in [3.05, 3.63) is 0 Å².